The van der Waals surface area contributed by atoms with E-state index in [9.17, 15) is 14.3 Å². The lowest BCUT2D eigenvalue weighted by Crippen LogP contribution is -2.45. The fourth-order valence-corrected chi connectivity index (χ4v) is 3.52. The van der Waals surface area contributed by atoms with Gasteiger partial charge in [0.1, 0.15) is 5.82 Å². The molecule has 0 radical (unpaired) electrons. The van der Waals surface area contributed by atoms with Crippen molar-refractivity contribution in [2.45, 2.75) is 56.6 Å². The lowest BCUT2D eigenvalue weighted by molar-refractivity contribution is 0.0718. The Morgan fingerprint density at radius 2 is 1.96 bits per heavy atom. The first-order valence-corrected chi connectivity index (χ1v) is 8.71. The number of nitrogens with one attached hydrogen (secondary N) is 1. The molecule has 2 fully saturated rings. The normalized spacial score (nSPS) is 24.1. The van der Waals surface area contributed by atoms with Gasteiger partial charge >= 0.3 is 0 Å². The molecule has 5 heteroatoms. The van der Waals surface area contributed by atoms with Crippen molar-refractivity contribution in [2.24, 2.45) is 0 Å². The number of aromatic nitrogens is 1. The smallest absolute Gasteiger partial charge is 0.252 e. The van der Waals surface area contributed by atoms with Crippen LogP contribution in [0.15, 0.2) is 24.3 Å². The second-order valence-corrected chi connectivity index (χ2v) is 6.96. The molecule has 24 heavy (non-hydrogen) atoms. The molecule has 1 aromatic carbocycles. The van der Waals surface area contributed by atoms with Gasteiger partial charge in [-0.1, -0.05) is 12.8 Å². The van der Waals surface area contributed by atoms with Gasteiger partial charge in [0.15, 0.2) is 0 Å². The van der Waals surface area contributed by atoms with Crippen LogP contribution in [0.2, 0.25) is 0 Å². The molecular weight excluding hydrogens is 307 g/mol. The van der Waals surface area contributed by atoms with Crippen molar-refractivity contribution in [3.05, 3.63) is 41.3 Å². The Morgan fingerprint density at radius 3 is 2.71 bits per heavy atom. The number of benzene rings is 1. The molecule has 0 spiro atoms. The summed E-state index contributed by atoms with van der Waals surface area (Å²) in [5, 5.41) is 13.6. The largest absolute Gasteiger partial charge is 0.391 e. The summed E-state index contributed by atoms with van der Waals surface area (Å²) in [6.07, 6.45) is 5.15. The van der Waals surface area contributed by atoms with E-state index in [4.69, 9.17) is 0 Å². The van der Waals surface area contributed by atoms with Crippen molar-refractivity contribution in [3.8, 4) is 0 Å². The lowest BCUT2D eigenvalue weighted by Gasteiger charge is -2.28. The van der Waals surface area contributed by atoms with Gasteiger partial charge in [-0.2, -0.15) is 0 Å². The number of halogens is 1. The summed E-state index contributed by atoms with van der Waals surface area (Å²) in [5.41, 5.74) is 2.01. The molecule has 2 unspecified atom stereocenters. The van der Waals surface area contributed by atoms with Crippen LogP contribution in [0.3, 0.4) is 0 Å². The van der Waals surface area contributed by atoms with E-state index in [2.05, 4.69) is 10.3 Å². The molecule has 0 aliphatic heterocycles. The first kappa shape index (κ1) is 15.5. The molecule has 2 aliphatic carbocycles. The van der Waals surface area contributed by atoms with Gasteiger partial charge < -0.3 is 10.4 Å². The molecule has 2 aliphatic rings. The van der Waals surface area contributed by atoms with Crippen LogP contribution in [0.1, 0.15) is 60.5 Å². The van der Waals surface area contributed by atoms with Crippen LogP contribution in [-0.2, 0) is 0 Å². The van der Waals surface area contributed by atoms with E-state index in [0.29, 0.717) is 28.8 Å². The van der Waals surface area contributed by atoms with Crippen LogP contribution in [0.25, 0.3) is 10.9 Å². The van der Waals surface area contributed by atoms with Crippen molar-refractivity contribution in [1.82, 2.24) is 10.3 Å². The van der Waals surface area contributed by atoms with Crippen LogP contribution in [0.4, 0.5) is 4.39 Å². The molecule has 2 N–H and O–H groups in total. The maximum Gasteiger partial charge on any atom is 0.252 e. The number of amides is 1. The second-order valence-electron chi connectivity index (χ2n) is 6.96. The molecule has 1 aromatic heterocycles. The van der Waals surface area contributed by atoms with Gasteiger partial charge in [-0.3, -0.25) is 9.78 Å². The third-order valence-electron chi connectivity index (χ3n) is 5.08. The minimum absolute atomic E-state index is 0.229. The lowest BCUT2D eigenvalue weighted by atomic mass is 9.92. The average molecular weight is 328 g/mol. The van der Waals surface area contributed by atoms with Gasteiger partial charge in [0, 0.05) is 17.0 Å². The Morgan fingerprint density at radius 1 is 1.17 bits per heavy atom. The fourth-order valence-electron chi connectivity index (χ4n) is 3.52. The Kier molecular flexibility index (Phi) is 3.96. The number of rotatable bonds is 3. The van der Waals surface area contributed by atoms with Crippen molar-refractivity contribution in [3.63, 3.8) is 0 Å². The van der Waals surface area contributed by atoms with E-state index in [-0.39, 0.29) is 17.8 Å². The van der Waals surface area contributed by atoms with Gasteiger partial charge in [-0.25, -0.2) is 4.39 Å². The molecule has 2 aromatic rings. The van der Waals surface area contributed by atoms with E-state index in [1.165, 1.54) is 12.1 Å². The van der Waals surface area contributed by atoms with E-state index in [1.54, 1.807) is 12.1 Å². The van der Waals surface area contributed by atoms with Gasteiger partial charge in [0.05, 0.1) is 23.2 Å². The second kappa shape index (κ2) is 6.13. The summed E-state index contributed by atoms with van der Waals surface area (Å²) in [4.78, 5) is 17.4. The maximum absolute atomic E-state index is 13.7. The van der Waals surface area contributed by atoms with Crippen LogP contribution in [-0.4, -0.2) is 28.1 Å². The summed E-state index contributed by atoms with van der Waals surface area (Å²) in [5.74, 6) is -0.220. The van der Waals surface area contributed by atoms with Crippen LogP contribution < -0.4 is 5.32 Å². The highest BCUT2D eigenvalue weighted by Crippen LogP contribution is 2.40. The highest BCUT2D eigenvalue weighted by molar-refractivity contribution is 6.06. The van der Waals surface area contributed by atoms with Gasteiger partial charge in [0.25, 0.3) is 5.91 Å². The third kappa shape index (κ3) is 3.00. The predicted octanol–water partition coefficient (Wildman–Crippen LogP) is 3.28. The Bertz CT molecular complexity index is 788. The van der Waals surface area contributed by atoms with Crippen LogP contribution in [0.5, 0.6) is 0 Å². The molecule has 126 valence electrons. The first-order valence-electron chi connectivity index (χ1n) is 8.71. The zero-order valence-electron chi connectivity index (χ0n) is 13.5. The molecule has 2 atom stereocenters. The first-order chi connectivity index (χ1) is 11.6. The van der Waals surface area contributed by atoms with E-state index >= 15 is 0 Å². The summed E-state index contributed by atoms with van der Waals surface area (Å²) in [6.45, 7) is 0. The summed E-state index contributed by atoms with van der Waals surface area (Å²) < 4.78 is 13.7. The number of aliphatic hydroxyl groups is 1. The minimum Gasteiger partial charge on any atom is -0.391 e. The summed E-state index contributed by atoms with van der Waals surface area (Å²) >= 11 is 0. The minimum atomic E-state index is -0.504. The zero-order chi connectivity index (χ0) is 16.7. The quantitative estimate of drug-likeness (QED) is 0.909. The number of hydrogen-bond donors (Lipinski definition) is 2. The van der Waals surface area contributed by atoms with E-state index < -0.39 is 6.10 Å². The number of nitrogens with zero attached hydrogens (tertiary/aromatic N) is 1. The molecule has 4 nitrogen and oxygen atoms in total. The van der Waals surface area contributed by atoms with Crippen LogP contribution in [0, 0.1) is 5.82 Å². The molecular formula is C19H21FN2O2. The topological polar surface area (TPSA) is 62.2 Å². The number of fused-ring (bicyclic) bond motifs is 1. The summed E-state index contributed by atoms with van der Waals surface area (Å²) in [7, 11) is 0. The standard InChI is InChI=1S/C19H21FN2O2/c20-12-7-8-15-13(9-12)14(10-17(21-15)11-5-6-11)19(24)22-16-3-1-2-4-18(16)23/h7-11,16,18,23H,1-6H2,(H,22,24). The SMILES string of the molecule is O=C(NC1CCCCC1O)c1cc(C2CC2)nc2ccc(F)cc12. The fraction of sp³-hybridized carbons (Fsp3) is 0.474. The van der Waals surface area contributed by atoms with Gasteiger partial charge in [0.2, 0.25) is 0 Å². The third-order valence-corrected chi connectivity index (χ3v) is 5.08. The summed E-state index contributed by atoms with van der Waals surface area (Å²) in [6, 6.07) is 5.93. The highest BCUT2D eigenvalue weighted by Gasteiger charge is 2.29. The Labute approximate surface area is 140 Å². The molecule has 4 rings (SSSR count). The van der Waals surface area contributed by atoms with Crippen molar-refractivity contribution >= 4 is 16.8 Å². The Hall–Kier alpha value is -2.01. The van der Waals surface area contributed by atoms with Gasteiger partial charge in [-0.05, 0) is 49.9 Å². The Balaban J connectivity index is 1.70. The van der Waals surface area contributed by atoms with Crippen LogP contribution >= 0.6 is 0 Å². The molecule has 2 saturated carbocycles. The molecule has 1 heterocycles. The van der Waals surface area contributed by atoms with E-state index in [1.807, 2.05) is 0 Å². The van der Waals surface area contributed by atoms with Crippen molar-refractivity contribution in [2.75, 3.05) is 0 Å². The zero-order valence-corrected chi connectivity index (χ0v) is 13.5. The number of hydrogen-bond acceptors (Lipinski definition) is 3. The average Bonchev–Trinajstić information content (AvgIpc) is 3.41. The van der Waals surface area contributed by atoms with E-state index in [0.717, 1.165) is 37.8 Å². The molecule has 1 amide bonds. The molecule has 0 bridgehead atoms. The highest BCUT2D eigenvalue weighted by atomic mass is 19.1. The number of aliphatic hydroxyl groups excluding tert-OH is 1. The maximum atomic E-state index is 13.7. The monoisotopic (exact) mass is 328 g/mol. The predicted molar refractivity (Wildman–Crippen MR) is 89.4 cm³/mol. The van der Waals surface area contributed by atoms with Gasteiger partial charge in [-0.15, -0.1) is 0 Å². The molecule has 0 saturated heterocycles. The van der Waals surface area contributed by atoms with Crippen molar-refractivity contribution in [1.29, 1.82) is 0 Å². The van der Waals surface area contributed by atoms with Crippen molar-refractivity contribution < 1.29 is 14.3 Å². The number of carbonyl (C=O) groups excluding carboxylic acids is 1. The number of pyridine rings is 1. The number of carbonyl (C=O) groups is 1.